The van der Waals surface area contributed by atoms with Gasteiger partial charge in [-0.15, -0.1) is 0 Å². The molecule has 1 N–H and O–H groups in total. The van der Waals surface area contributed by atoms with E-state index in [4.69, 9.17) is 18.9 Å². The molecule has 0 spiro atoms. The highest BCUT2D eigenvalue weighted by Crippen LogP contribution is 2.40. The van der Waals surface area contributed by atoms with Crippen molar-refractivity contribution in [2.75, 3.05) is 26.4 Å². The van der Waals surface area contributed by atoms with E-state index in [1.165, 1.54) is 0 Å². The number of rotatable bonds is 20. The van der Waals surface area contributed by atoms with Crippen molar-refractivity contribution in [3.8, 4) is 0 Å². The van der Waals surface area contributed by atoms with Gasteiger partial charge in [0.05, 0.1) is 6.61 Å². The first-order valence-corrected chi connectivity index (χ1v) is 12.8. The lowest BCUT2D eigenvalue weighted by Gasteiger charge is -2.33. The van der Waals surface area contributed by atoms with E-state index in [0.29, 0.717) is 19.8 Å². The van der Waals surface area contributed by atoms with Gasteiger partial charge in [0.2, 0.25) is 0 Å². The van der Waals surface area contributed by atoms with E-state index in [1.807, 2.05) is 0 Å². The van der Waals surface area contributed by atoms with Crippen LogP contribution in [-0.2, 0) is 18.9 Å². The van der Waals surface area contributed by atoms with Crippen LogP contribution in [0.25, 0.3) is 0 Å². The zero-order valence-electron chi connectivity index (χ0n) is 20.3. The highest BCUT2D eigenvalue weighted by Gasteiger charge is 2.56. The van der Waals surface area contributed by atoms with E-state index < -0.39 is 11.9 Å². The summed E-state index contributed by atoms with van der Waals surface area (Å²) in [6, 6.07) is 0. The molecule has 0 aliphatic carbocycles. The Morgan fingerprint density at radius 3 is 1.70 bits per heavy atom. The molecule has 0 amide bonds. The topological polar surface area (TPSA) is 57.2 Å². The normalized spacial score (nSPS) is 26.5. The van der Waals surface area contributed by atoms with Crippen LogP contribution in [-0.4, -0.2) is 55.6 Å². The number of hydrogen-bond acceptors (Lipinski definition) is 5. The fourth-order valence-corrected chi connectivity index (χ4v) is 4.12. The monoisotopic (exact) mass is 430 g/mol. The smallest absolute Gasteiger partial charge is 0.187 e. The van der Waals surface area contributed by atoms with Crippen LogP contribution in [0.5, 0.6) is 0 Å². The summed E-state index contributed by atoms with van der Waals surface area (Å²) in [6.45, 7) is 10.7. The third-order valence-electron chi connectivity index (χ3n) is 6.04. The quantitative estimate of drug-likeness (QED) is 0.240. The van der Waals surface area contributed by atoms with E-state index in [9.17, 15) is 5.11 Å². The molecule has 5 heteroatoms. The van der Waals surface area contributed by atoms with Gasteiger partial charge in [0.1, 0.15) is 17.8 Å². The number of ether oxygens (including phenoxy) is 4. The molecule has 0 unspecified atom stereocenters. The largest absolute Gasteiger partial charge is 0.393 e. The molecular weight excluding hydrogens is 380 g/mol. The number of aliphatic hydroxyl groups excluding tert-OH is 1. The molecule has 0 aromatic heterocycles. The summed E-state index contributed by atoms with van der Waals surface area (Å²) in [5.74, 6) is 0. The van der Waals surface area contributed by atoms with Crippen LogP contribution in [0.3, 0.4) is 0 Å². The molecule has 1 fully saturated rings. The third kappa shape index (κ3) is 9.52. The number of aliphatic hydroxyl groups is 1. The molecule has 0 aromatic rings. The first-order chi connectivity index (χ1) is 14.7. The predicted octanol–water partition coefficient (Wildman–Crippen LogP) is 6.01. The molecule has 0 radical (unpaired) electrons. The van der Waals surface area contributed by atoms with Crippen molar-refractivity contribution < 1.29 is 24.1 Å². The highest BCUT2D eigenvalue weighted by molar-refractivity contribution is 5.01. The zero-order chi connectivity index (χ0) is 22.1. The van der Waals surface area contributed by atoms with Crippen molar-refractivity contribution in [2.45, 2.75) is 135 Å². The third-order valence-corrected chi connectivity index (χ3v) is 6.04. The Labute approximate surface area is 186 Å². The lowest BCUT2D eigenvalue weighted by Crippen LogP contribution is -2.49. The van der Waals surface area contributed by atoms with E-state index in [0.717, 1.165) is 83.5 Å². The Kier molecular flexibility index (Phi) is 16.1. The van der Waals surface area contributed by atoms with Gasteiger partial charge in [0.25, 0.3) is 0 Å². The summed E-state index contributed by atoms with van der Waals surface area (Å²) in [6.07, 6.45) is 13.0. The molecule has 0 saturated carbocycles. The van der Waals surface area contributed by atoms with Crippen molar-refractivity contribution in [3.63, 3.8) is 0 Å². The number of hydrogen-bond donors (Lipinski definition) is 1. The molecule has 4 atom stereocenters. The molecular formula is C25H50O5. The van der Waals surface area contributed by atoms with Crippen molar-refractivity contribution in [3.05, 3.63) is 0 Å². The Morgan fingerprint density at radius 1 is 0.667 bits per heavy atom. The van der Waals surface area contributed by atoms with Crippen LogP contribution in [0.2, 0.25) is 0 Å². The van der Waals surface area contributed by atoms with E-state index in [-0.39, 0.29) is 18.8 Å². The lowest BCUT2D eigenvalue weighted by atomic mass is 9.89. The molecule has 1 aliphatic rings. The maximum absolute atomic E-state index is 10.4. The van der Waals surface area contributed by atoms with Gasteiger partial charge in [0, 0.05) is 19.8 Å². The maximum Gasteiger partial charge on any atom is 0.187 e. The minimum atomic E-state index is -0.730. The molecule has 180 valence electrons. The second-order valence-corrected chi connectivity index (χ2v) is 8.79. The van der Waals surface area contributed by atoms with Gasteiger partial charge in [-0.05, 0) is 25.7 Å². The number of unbranched alkanes of at least 4 members (excludes halogenated alkanes) is 8. The summed E-state index contributed by atoms with van der Waals surface area (Å²) in [4.78, 5) is 0. The molecule has 1 aliphatic heterocycles. The van der Waals surface area contributed by atoms with E-state index >= 15 is 0 Å². The molecule has 5 nitrogen and oxygen atoms in total. The zero-order valence-corrected chi connectivity index (χ0v) is 20.3. The minimum absolute atomic E-state index is 0.0567. The second kappa shape index (κ2) is 17.4. The van der Waals surface area contributed by atoms with Gasteiger partial charge >= 0.3 is 0 Å². The van der Waals surface area contributed by atoms with Gasteiger partial charge in [0.15, 0.2) is 6.29 Å². The fourth-order valence-electron chi connectivity index (χ4n) is 4.12. The molecule has 1 saturated heterocycles. The van der Waals surface area contributed by atoms with Gasteiger partial charge in [-0.3, -0.25) is 0 Å². The minimum Gasteiger partial charge on any atom is -0.393 e. The Bertz CT molecular complexity index is 392. The summed E-state index contributed by atoms with van der Waals surface area (Å²) < 4.78 is 25.3. The summed E-state index contributed by atoms with van der Waals surface area (Å²) in [7, 11) is 0. The predicted molar refractivity (Wildman–Crippen MR) is 123 cm³/mol. The van der Waals surface area contributed by atoms with Crippen LogP contribution >= 0.6 is 0 Å². The summed E-state index contributed by atoms with van der Waals surface area (Å²) in [5, 5.41) is 10.4. The Morgan fingerprint density at radius 2 is 1.17 bits per heavy atom. The Balaban J connectivity index is 2.91. The SMILES string of the molecule is CCCCCO[C@H]1O[C@@](CO)(CCCCC)[C@@H](OCCCCC)[C@H]1OCCCCC. The van der Waals surface area contributed by atoms with Gasteiger partial charge < -0.3 is 24.1 Å². The average Bonchev–Trinajstić information content (AvgIpc) is 3.05. The molecule has 30 heavy (non-hydrogen) atoms. The molecule has 1 heterocycles. The summed E-state index contributed by atoms with van der Waals surface area (Å²) in [5.41, 5.74) is -0.730. The van der Waals surface area contributed by atoms with Crippen LogP contribution in [0, 0.1) is 0 Å². The first kappa shape index (κ1) is 27.8. The van der Waals surface area contributed by atoms with Crippen LogP contribution < -0.4 is 0 Å². The van der Waals surface area contributed by atoms with Crippen molar-refractivity contribution in [2.24, 2.45) is 0 Å². The highest BCUT2D eigenvalue weighted by atomic mass is 16.7. The van der Waals surface area contributed by atoms with Gasteiger partial charge in [-0.1, -0.05) is 85.5 Å². The van der Waals surface area contributed by atoms with Crippen molar-refractivity contribution in [1.29, 1.82) is 0 Å². The van der Waals surface area contributed by atoms with Gasteiger partial charge in [-0.2, -0.15) is 0 Å². The molecule has 0 aromatic carbocycles. The van der Waals surface area contributed by atoms with Crippen LogP contribution in [0.1, 0.15) is 111 Å². The standard InChI is InChI=1S/C25H50O5/c1-5-9-13-17-25(21-26)23(28-19-15-11-7-3)22(27-18-14-10-6-2)24(30-25)29-20-16-12-8-4/h22-24,26H,5-21H2,1-4H3/t22-,23+,24+,25-/m1/s1. The summed E-state index contributed by atoms with van der Waals surface area (Å²) >= 11 is 0. The van der Waals surface area contributed by atoms with Crippen LogP contribution in [0.15, 0.2) is 0 Å². The maximum atomic E-state index is 10.4. The lowest BCUT2D eigenvalue weighted by molar-refractivity contribution is -0.207. The second-order valence-electron chi connectivity index (χ2n) is 8.79. The van der Waals surface area contributed by atoms with Crippen LogP contribution in [0.4, 0.5) is 0 Å². The average molecular weight is 431 g/mol. The molecule has 1 rings (SSSR count). The first-order valence-electron chi connectivity index (χ1n) is 12.8. The van der Waals surface area contributed by atoms with E-state index in [2.05, 4.69) is 27.7 Å². The van der Waals surface area contributed by atoms with E-state index in [1.54, 1.807) is 0 Å². The van der Waals surface area contributed by atoms with Crippen molar-refractivity contribution in [1.82, 2.24) is 0 Å². The molecule has 0 bridgehead atoms. The Hall–Kier alpha value is -0.200. The fraction of sp³-hybridized carbons (Fsp3) is 1.00. The van der Waals surface area contributed by atoms with Gasteiger partial charge in [-0.25, -0.2) is 0 Å². The van der Waals surface area contributed by atoms with Crippen molar-refractivity contribution >= 4 is 0 Å².